The van der Waals surface area contributed by atoms with Gasteiger partial charge in [-0.3, -0.25) is 19.6 Å². The van der Waals surface area contributed by atoms with Gasteiger partial charge in [-0.2, -0.15) is 0 Å². The number of benzene rings is 3. The van der Waals surface area contributed by atoms with Gasteiger partial charge in [0.15, 0.2) is 0 Å². The molecular weight excluding hydrogens is 448 g/mol. The number of rotatable bonds is 6. The molecule has 0 fully saturated rings. The second kappa shape index (κ2) is 8.74. The van der Waals surface area contributed by atoms with E-state index in [1.165, 1.54) is 0 Å². The Morgan fingerprint density at radius 3 is 2.00 bits per heavy atom. The zero-order valence-electron chi connectivity index (χ0n) is 19.4. The quantitative estimate of drug-likeness (QED) is 0.361. The standard InChI is InChI=1S/C30H22N4O2/c31-29(35)25-14-21-8-3-11-23-22-9-1-2-10-24(22)27(26(21)23)28(25)30(36)34(17-19-6-4-12-32-15-19)18-20-7-5-13-33-16-20/h1-16H,17-18H2,(H2,31,35). The summed E-state index contributed by atoms with van der Waals surface area (Å²) in [5.74, 6) is -0.895. The lowest BCUT2D eigenvalue weighted by Crippen LogP contribution is -2.32. The highest BCUT2D eigenvalue weighted by molar-refractivity contribution is 6.24. The summed E-state index contributed by atoms with van der Waals surface area (Å²) in [5.41, 5.74) is 12.0. The minimum atomic E-state index is -0.631. The summed E-state index contributed by atoms with van der Waals surface area (Å²) >= 11 is 0. The van der Waals surface area contributed by atoms with E-state index < -0.39 is 5.91 Å². The predicted octanol–water partition coefficient (Wildman–Crippen LogP) is 5.22. The van der Waals surface area contributed by atoms with Crippen molar-refractivity contribution in [2.45, 2.75) is 13.1 Å². The molecule has 0 saturated heterocycles. The molecule has 2 heterocycles. The fraction of sp³-hybridized carbons (Fsp3) is 0.0667. The maximum Gasteiger partial charge on any atom is 0.255 e. The molecule has 6 nitrogen and oxygen atoms in total. The molecule has 6 rings (SSSR count). The smallest absolute Gasteiger partial charge is 0.255 e. The van der Waals surface area contributed by atoms with Crippen LogP contribution in [0.3, 0.4) is 0 Å². The Morgan fingerprint density at radius 1 is 0.750 bits per heavy atom. The first-order valence-corrected chi connectivity index (χ1v) is 11.7. The van der Waals surface area contributed by atoms with Gasteiger partial charge in [0.05, 0.1) is 11.1 Å². The van der Waals surface area contributed by atoms with Crippen molar-refractivity contribution >= 4 is 22.6 Å². The first-order valence-electron chi connectivity index (χ1n) is 11.7. The summed E-state index contributed by atoms with van der Waals surface area (Å²) in [7, 11) is 0. The van der Waals surface area contributed by atoms with Crippen LogP contribution in [0.4, 0.5) is 0 Å². The zero-order chi connectivity index (χ0) is 24.6. The molecule has 0 aliphatic heterocycles. The van der Waals surface area contributed by atoms with Crippen molar-refractivity contribution in [2.24, 2.45) is 5.73 Å². The van der Waals surface area contributed by atoms with E-state index in [2.05, 4.69) is 16.0 Å². The molecule has 2 N–H and O–H groups in total. The second-order valence-corrected chi connectivity index (χ2v) is 8.87. The number of amides is 2. The summed E-state index contributed by atoms with van der Waals surface area (Å²) in [6, 6.07) is 23.2. The van der Waals surface area contributed by atoms with E-state index in [0.29, 0.717) is 18.7 Å². The van der Waals surface area contributed by atoms with Gasteiger partial charge < -0.3 is 10.6 Å². The Hall–Kier alpha value is -4.84. The van der Waals surface area contributed by atoms with Gasteiger partial charge in [0.25, 0.3) is 5.91 Å². The fourth-order valence-corrected chi connectivity index (χ4v) is 5.08. The van der Waals surface area contributed by atoms with Crippen LogP contribution >= 0.6 is 0 Å². The van der Waals surface area contributed by atoms with E-state index in [9.17, 15) is 9.59 Å². The average Bonchev–Trinajstić information content (AvgIpc) is 3.25. The Bertz CT molecular complexity index is 1590. The summed E-state index contributed by atoms with van der Waals surface area (Å²) in [6.07, 6.45) is 6.88. The minimum absolute atomic E-state index is 0.221. The summed E-state index contributed by atoms with van der Waals surface area (Å²) in [4.78, 5) is 37.3. The highest BCUT2D eigenvalue weighted by atomic mass is 16.2. The van der Waals surface area contributed by atoms with Gasteiger partial charge in [0.1, 0.15) is 0 Å². The van der Waals surface area contributed by atoms with Crippen molar-refractivity contribution < 1.29 is 9.59 Å². The van der Waals surface area contributed by atoms with E-state index >= 15 is 0 Å². The van der Waals surface area contributed by atoms with Gasteiger partial charge in [-0.25, -0.2) is 0 Å². The van der Waals surface area contributed by atoms with Crippen LogP contribution in [0.5, 0.6) is 0 Å². The zero-order valence-corrected chi connectivity index (χ0v) is 19.4. The third-order valence-corrected chi connectivity index (χ3v) is 6.61. The third-order valence-electron chi connectivity index (χ3n) is 6.61. The fourth-order valence-electron chi connectivity index (χ4n) is 5.08. The molecule has 0 radical (unpaired) electrons. The van der Waals surface area contributed by atoms with E-state index in [4.69, 9.17) is 5.73 Å². The lowest BCUT2D eigenvalue weighted by Gasteiger charge is -2.25. The van der Waals surface area contributed by atoms with Crippen molar-refractivity contribution in [2.75, 3.05) is 0 Å². The Kier molecular flexibility index (Phi) is 5.26. The summed E-state index contributed by atoms with van der Waals surface area (Å²) < 4.78 is 0. The van der Waals surface area contributed by atoms with Crippen molar-refractivity contribution in [3.63, 3.8) is 0 Å². The molecule has 2 aromatic heterocycles. The molecule has 6 heteroatoms. The van der Waals surface area contributed by atoms with Gasteiger partial charge >= 0.3 is 0 Å². The number of aromatic nitrogens is 2. The molecule has 5 aromatic rings. The molecule has 0 unspecified atom stereocenters. The highest BCUT2D eigenvalue weighted by Gasteiger charge is 2.32. The number of carbonyl (C=O) groups is 2. The normalized spacial score (nSPS) is 11.3. The van der Waals surface area contributed by atoms with E-state index in [1.807, 2.05) is 60.7 Å². The summed E-state index contributed by atoms with van der Waals surface area (Å²) in [6.45, 7) is 0.640. The number of pyridine rings is 2. The Labute approximate surface area is 208 Å². The maximum absolute atomic E-state index is 14.4. The van der Waals surface area contributed by atoms with E-state index in [1.54, 1.807) is 35.8 Å². The molecule has 0 atom stereocenters. The molecule has 174 valence electrons. The molecular formula is C30H22N4O2. The molecule has 0 bridgehead atoms. The molecule has 1 aliphatic carbocycles. The number of hydrogen-bond donors (Lipinski definition) is 1. The summed E-state index contributed by atoms with van der Waals surface area (Å²) in [5, 5.41) is 1.85. The van der Waals surface area contributed by atoms with Crippen LogP contribution in [0.15, 0.2) is 97.6 Å². The van der Waals surface area contributed by atoms with Crippen LogP contribution in [0, 0.1) is 0 Å². The third kappa shape index (κ3) is 3.60. The number of carbonyl (C=O) groups excluding carboxylic acids is 2. The number of hydrogen-bond acceptors (Lipinski definition) is 4. The lowest BCUT2D eigenvalue weighted by atomic mass is 9.91. The SMILES string of the molecule is NC(=O)c1cc2cccc3c2c(c1C(=O)N(Cc1cccnc1)Cc1cccnc1)-c1ccccc1-3. The van der Waals surface area contributed by atoms with E-state index in [-0.39, 0.29) is 11.5 Å². The molecule has 0 saturated carbocycles. The van der Waals surface area contributed by atoms with Gasteiger partial charge in [0, 0.05) is 43.4 Å². The highest BCUT2D eigenvalue weighted by Crippen LogP contribution is 2.49. The average molecular weight is 471 g/mol. The van der Waals surface area contributed by atoms with Crippen LogP contribution in [0.2, 0.25) is 0 Å². The topological polar surface area (TPSA) is 89.2 Å². The molecule has 3 aromatic carbocycles. The van der Waals surface area contributed by atoms with Crippen LogP contribution in [0.1, 0.15) is 31.8 Å². The minimum Gasteiger partial charge on any atom is -0.366 e. The monoisotopic (exact) mass is 470 g/mol. The maximum atomic E-state index is 14.4. The number of nitrogens with two attached hydrogens (primary N) is 1. The van der Waals surface area contributed by atoms with Crippen molar-refractivity contribution in [1.82, 2.24) is 14.9 Å². The van der Waals surface area contributed by atoms with Crippen LogP contribution in [0.25, 0.3) is 33.0 Å². The molecule has 36 heavy (non-hydrogen) atoms. The Morgan fingerprint density at radius 2 is 1.39 bits per heavy atom. The Balaban J connectivity index is 1.57. The van der Waals surface area contributed by atoms with Gasteiger partial charge in [-0.1, -0.05) is 54.6 Å². The van der Waals surface area contributed by atoms with Crippen molar-refractivity contribution in [3.05, 3.63) is 120 Å². The van der Waals surface area contributed by atoms with Gasteiger partial charge in [-0.15, -0.1) is 0 Å². The number of primary amides is 1. The van der Waals surface area contributed by atoms with Gasteiger partial charge in [-0.05, 0) is 56.8 Å². The molecule has 0 spiro atoms. The largest absolute Gasteiger partial charge is 0.366 e. The predicted molar refractivity (Wildman–Crippen MR) is 139 cm³/mol. The van der Waals surface area contributed by atoms with Crippen LogP contribution < -0.4 is 5.73 Å². The number of nitrogens with zero attached hydrogens (tertiary/aromatic N) is 3. The van der Waals surface area contributed by atoms with Gasteiger partial charge in [0.2, 0.25) is 5.91 Å². The molecule has 1 aliphatic rings. The first-order chi connectivity index (χ1) is 17.6. The lowest BCUT2D eigenvalue weighted by molar-refractivity contribution is 0.0726. The second-order valence-electron chi connectivity index (χ2n) is 8.87. The van der Waals surface area contributed by atoms with Crippen LogP contribution in [-0.2, 0) is 13.1 Å². The van der Waals surface area contributed by atoms with Crippen molar-refractivity contribution in [1.29, 1.82) is 0 Å². The van der Waals surface area contributed by atoms with E-state index in [0.717, 1.165) is 44.2 Å². The number of fused-ring (bicyclic) bond motifs is 3. The first kappa shape index (κ1) is 21.7. The van der Waals surface area contributed by atoms with Crippen LogP contribution in [-0.4, -0.2) is 26.7 Å². The van der Waals surface area contributed by atoms with Crippen molar-refractivity contribution in [3.8, 4) is 22.3 Å². The molecule has 2 amide bonds.